The summed E-state index contributed by atoms with van der Waals surface area (Å²) in [6.07, 6.45) is 1.87. The van der Waals surface area contributed by atoms with Crippen molar-refractivity contribution in [1.82, 2.24) is 4.57 Å². The van der Waals surface area contributed by atoms with E-state index in [-0.39, 0.29) is 5.69 Å². The summed E-state index contributed by atoms with van der Waals surface area (Å²) < 4.78 is 2.98. The number of nitriles is 1. The molecular formula is C21H16BrN3O2. The number of benzene rings is 2. The molecule has 3 rings (SSSR count). The number of nitro benzene ring substituents is 1. The Balaban J connectivity index is 2.03. The molecule has 0 aliphatic heterocycles. The van der Waals surface area contributed by atoms with Crippen LogP contribution in [0.2, 0.25) is 0 Å². The summed E-state index contributed by atoms with van der Waals surface area (Å²) in [6, 6.07) is 18.3. The zero-order valence-corrected chi connectivity index (χ0v) is 16.4. The minimum absolute atomic E-state index is 0.0586. The average molecular weight is 422 g/mol. The standard InChI is InChI=1S/C21H16BrN3O2/c1-14-11-17(12-18(13-23)16-3-5-19(22)6-4-16)15(2)24(14)20-7-9-21(10-8-20)25(26)27/h3-12H,1-2H3/b18-12-. The van der Waals surface area contributed by atoms with Gasteiger partial charge in [-0.3, -0.25) is 10.1 Å². The molecule has 1 heterocycles. The second-order valence-electron chi connectivity index (χ2n) is 6.11. The summed E-state index contributed by atoms with van der Waals surface area (Å²) in [7, 11) is 0. The summed E-state index contributed by atoms with van der Waals surface area (Å²) in [4.78, 5) is 10.4. The lowest BCUT2D eigenvalue weighted by Crippen LogP contribution is -1.99. The van der Waals surface area contributed by atoms with Crippen LogP contribution in [0.1, 0.15) is 22.5 Å². The molecule has 5 nitrogen and oxygen atoms in total. The Hall–Kier alpha value is -3.17. The number of halogens is 1. The first-order chi connectivity index (χ1) is 12.9. The molecule has 27 heavy (non-hydrogen) atoms. The molecule has 0 unspecified atom stereocenters. The number of allylic oxidation sites excluding steroid dienone is 1. The van der Waals surface area contributed by atoms with Crippen molar-refractivity contribution in [2.45, 2.75) is 13.8 Å². The van der Waals surface area contributed by atoms with Crippen LogP contribution in [0.15, 0.2) is 59.1 Å². The van der Waals surface area contributed by atoms with Crippen molar-refractivity contribution < 1.29 is 4.92 Å². The van der Waals surface area contributed by atoms with E-state index in [4.69, 9.17) is 0 Å². The topological polar surface area (TPSA) is 71.9 Å². The largest absolute Gasteiger partial charge is 0.318 e. The van der Waals surface area contributed by atoms with E-state index in [0.29, 0.717) is 5.57 Å². The van der Waals surface area contributed by atoms with Crippen molar-refractivity contribution in [1.29, 1.82) is 5.26 Å². The minimum atomic E-state index is -0.412. The molecule has 2 aromatic carbocycles. The SMILES string of the molecule is Cc1cc(/C=C(/C#N)c2ccc(Br)cc2)c(C)n1-c1ccc([N+](=O)[O-])cc1. The monoisotopic (exact) mass is 421 g/mol. The zero-order valence-electron chi connectivity index (χ0n) is 14.8. The second kappa shape index (κ2) is 7.60. The third-order valence-corrected chi connectivity index (χ3v) is 4.89. The highest BCUT2D eigenvalue weighted by Crippen LogP contribution is 2.26. The van der Waals surface area contributed by atoms with Gasteiger partial charge in [-0.15, -0.1) is 0 Å². The molecule has 0 atom stereocenters. The molecule has 0 saturated carbocycles. The summed E-state index contributed by atoms with van der Waals surface area (Å²) in [5, 5.41) is 20.4. The molecule has 134 valence electrons. The summed E-state index contributed by atoms with van der Waals surface area (Å²) in [5.41, 5.74) is 5.21. The van der Waals surface area contributed by atoms with Gasteiger partial charge in [0.2, 0.25) is 0 Å². The lowest BCUT2D eigenvalue weighted by Gasteiger charge is -2.09. The number of hydrogen-bond acceptors (Lipinski definition) is 3. The quantitative estimate of drug-likeness (QED) is 0.302. The van der Waals surface area contributed by atoms with E-state index in [1.54, 1.807) is 12.1 Å². The van der Waals surface area contributed by atoms with Crippen LogP contribution in [0.25, 0.3) is 17.3 Å². The highest BCUT2D eigenvalue weighted by atomic mass is 79.9. The van der Waals surface area contributed by atoms with Crippen LogP contribution in [-0.4, -0.2) is 9.49 Å². The number of nitro groups is 1. The average Bonchev–Trinajstić information content (AvgIpc) is 2.94. The van der Waals surface area contributed by atoms with Gasteiger partial charge in [0.15, 0.2) is 0 Å². The second-order valence-corrected chi connectivity index (χ2v) is 7.03. The Morgan fingerprint density at radius 2 is 1.78 bits per heavy atom. The van der Waals surface area contributed by atoms with Crippen LogP contribution in [0.4, 0.5) is 5.69 Å². The van der Waals surface area contributed by atoms with Crippen LogP contribution < -0.4 is 0 Å². The number of aryl methyl sites for hydroxylation is 1. The molecule has 0 aliphatic carbocycles. The molecule has 6 heteroatoms. The van der Waals surface area contributed by atoms with Crippen LogP contribution in [0.5, 0.6) is 0 Å². The predicted octanol–water partition coefficient (Wildman–Crippen LogP) is 5.83. The maximum absolute atomic E-state index is 10.9. The molecule has 0 spiro atoms. The molecule has 0 fully saturated rings. The van der Waals surface area contributed by atoms with Gasteiger partial charge in [-0.1, -0.05) is 28.1 Å². The highest BCUT2D eigenvalue weighted by Gasteiger charge is 2.12. The zero-order chi connectivity index (χ0) is 19.6. The van der Waals surface area contributed by atoms with Gasteiger partial charge >= 0.3 is 0 Å². The fourth-order valence-electron chi connectivity index (χ4n) is 3.02. The molecule has 0 saturated heterocycles. The van der Waals surface area contributed by atoms with Crippen molar-refractivity contribution in [3.63, 3.8) is 0 Å². The van der Waals surface area contributed by atoms with E-state index in [0.717, 1.165) is 32.7 Å². The van der Waals surface area contributed by atoms with E-state index in [1.165, 1.54) is 12.1 Å². The maximum atomic E-state index is 10.9. The van der Waals surface area contributed by atoms with Gasteiger partial charge in [0.1, 0.15) is 0 Å². The molecular weight excluding hydrogens is 406 g/mol. The van der Waals surface area contributed by atoms with Crippen LogP contribution in [0.3, 0.4) is 0 Å². The van der Waals surface area contributed by atoms with Gasteiger partial charge in [-0.25, -0.2) is 0 Å². The lowest BCUT2D eigenvalue weighted by atomic mass is 10.0. The fourth-order valence-corrected chi connectivity index (χ4v) is 3.28. The Bertz CT molecular complexity index is 1070. The fraction of sp³-hybridized carbons (Fsp3) is 0.0952. The predicted molar refractivity (Wildman–Crippen MR) is 110 cm³/mol. The molecule has 0 N–H and O–H groups in total. The van der Waals surface area contributed by atoms with Gasteiger partial charge in [0, 0.05) is 33.7 Å². The van der Waals surface area contributed by atoms with E-state index in [9.17, 15) is 15.4 Å². The smallest absolute Gasteiger partial charge is 0.269 e. The third-order valence-electron chi connectivity index (χ3n) is 4.36. The normalized spacial score (nSPS) is 11.3. The summed E-state index contributed by atoms with van der Waals surface area (Å²) in [6.45, 7) is 3.94. The van der Waals surface area contributed by atoms with Crippen LogP contribution in [-0.2, 0) is 0 Å². The Morgan fingerprint density at radius 3 is 2.33 bits per heavy atom. The number of nitrogens with zero attached hydrogens (tertiary/aromatic N) is 3. The van der Waals surface area contributed by atoms with E-state index in [2.05, 4.69) is 22.0 Å². The Labute approximate surface area is 165 Å². The van der Waals surface area contributed by atoms with Crippen molar-refractivity contribution in [2.24, 2.45) is 0 Å². The summed E-state index contributed by atoms with van der Waals surface area (Å²) >= 11 is 3.40. The first-order valence-corrected chi connectivity index (χ1v) is 9.01. The third kappa shape index (κ3) is 3.83. The maximum Gasteiger partial charge on any atom is 0.269 e. The van der Waals surface area contributed by atoms with Crippen molar-refractivity contribution in [3.05, 3.63) is 91.7 Å². The minimum Gasteiger partial charge on any atom is -0.318 e. The van der Waals surface area contributed by atoms with Gasteiger partial charge < -0.3 is 4.57 Å². The van der Waals surface area contributed by atoms with Crippen molar-refractivity contribution in [3.8, 4) is 11.8 Å². The van der Waals surface area contributed by atoms with Crippen LogP contribution >= 0.6 is 15.9 Å². The number of rotatable bonds is 4. The van der Waals surface area contributed by atoms with Gasteiger partial charge in [0.25, 0.3) is 5.69 Å². The first kappa shape index (κ1) is 18.6. The highest BCUT2D eigenvalue weighted by molar-refractivity contribution is 9.10. The van der Waals surface area contributed by atoms with E-state index < -0.39 is 4.92 Å². The van der Waals surface area contributed by atoms with Crippen molar-refractivity contribution >= 4 is 33.3 Å². The number of aromatic nitrogens is 1. The molecule has 0 bridgehead atoms. The molecule has 1 aromatic heterocycles. The van der Waals surface area contributed by atoms with Crippen molar-refractivity contribution in [2.75, 3.05) is 0 Å². The van der Waals surface area contributed by atoms with E-state index >= 15 is 0 Å². The molecule has 0 amide bonds. The molecule has 0 radical (unpaired) electrons. The molecule has 0 aliphatic rings. The first-order valence-electron chi connectivity index (χ1n) is 8.22. The summed E-state index contributed by atoms with van der Waals surface area (Å²) in [5.74, 6) is 0. The van der Waals surface area contributed by atoms with Gasteiger partial charge in [-0.2, -0.15) is 5.26 Å². The Kier molecular flexibility index (Phi) is 5.24. The lowest BCUT2D eigenvalue weighted by molar-refractivity contribution is -0.384. The molecule has 3 aromatic rings. The Morgan fingerprint density at radius 1 is 1.15 bits per heavy atom. The number of hydrogen-bond donors (Lipinski definition) is 0. The van der Waals surface area contributed by atoms with Crippen LogP contribution in [0, 0.1) is 35.3 Å². The van der Waals surface area contributed by atoms with E-state index in [1.807, 2.05) is 54.8 Å². The van der Waals surface area contributed by atoms with Gasteiger partial charge in [-0.05, 0) is 61.4 Å². The van der Waals surface area contributed by atoms with Gasteiger partial charge in [0.05, 0.1) is 16.6 Å². The number of non-ortho nitro benzene ring substituents is 1.